The zero-order valence-electron chi connectivity index (χ0n) is 10.1. The number of amides is 1. The molecule has 0 aromatic heterocycles. The molecule has 0 aliphatic rings. The molecule has 0 fully saturated rings. The summed E-state index contributed by atoms with van der Waals surface area (Å²) in [4.78, 5) is 22.7. The van der Waals surface area contributed by atoms with E-state index < -0.39 is 18.0 Å². The molecule has 6 heteroatoms. The van der Waals surface area contributed by atoms with Gasteiger partial charge in [-0.2, -0.15) is 0 Å². The Hall–Kier alpha value is -1.59. The van der Waals surface area contributed by atoms with Crippen molar-refractivity contribution in [3.05, 3.63) is 34.3 Å². The van der Waals surface area contributed by atoms with Gasteiger partial charge in [-0.05, 0) is 24.6 Å². The normalized spacial score (nSPS) is 11.8. The molecule has 18 heavy (non-hydrogen) atoms. The number of halogens is 1. The average molecular weight is 272 g/mol. The van der Waals surface area contributed by atoms with Crippen molar-refractivity contribution in [2.75, 3.05) is 13.7 Å². The van der Waals surface area contributed by atoms with Crippen LogP contribution >= 0.6 is 11.6 Å². The van der Waals surface area contributed by atoms with Gasteiger partial charge in [-0.25, -0.2) is 4.79 Å². The van der Waals surface area contributed by atoms with Crippen molar-refractivity contribution in [1.29, 1.82) is 0 Å². The molecule has 0 saturated heterocycles. The lowest BCUT2D eigenvalue weighted by molar-refractivity contribution is -0.149. The summed E-state index contributed by atoms with van der Waals surface area (Å²) in [6.45, 7) is 1.63. The number of hydrogen-bond acceptors (Lipinski definition) is 4. The lowest BCUT2D eigenvalue weighted by atomic mass is 10.1. The molecule has 1 aromatic rings. The summed E-state index contributed by atoms with van der Waals surface area (Å²) in [6.07, 6.45) is -1.39. The summed E-state index contributed by atoms with van der Waals surface area (Å²) in [5.41, 5.74) is 1.23. The van der Waals surface area contributed by atoms with Crippen LogP contribution in [0.25, 0.3) is 0 Å². The topological polar surface area (TPSA) is 75.6 Å². The van der Waals surface area contributed by atoms with Crippen molar-refractivity contribution >= 4 is 23.5 Å². The molecule has 0 bridgehead atoms. The van der Waals surface area contributed by atoms with E-state index in [1.165, 1.54) is 0 Å². The number of aliphatic hydroxyl groups excluding tert-OH is 1. The van der Waals surface area contributed by atoms with Crippen LogP contribution in [0.5, 0.6) is 0 Å². The molecule has 5 nitrogen and oxygen atoms in total. The highest BCUT2D eigenvalue weighted by molar-refractivity contribution is 6.33. The summed E-state index contributed by atoms with van der Waals surface area (Å²) in [7, 11) is 1.16. The van der Waals surface area contributed by atoms with Crippen molar-refractivity contribution in [2.24, 2.45) is 0 Å². The van der Waals surface area contributed by atoms with Gasteiger partial charge in [0.1, 0.15) is 0 Å². The third-order valence-electron chi connectivity index (χ3n) is 2.30. The first-order chi connectivity index (χ1) is 8.45. The van der Waals surface area contributed by atoms with Gasteiger partial charge in [-0.3, -0.25) is 4.79 Å². The highest BCUT2D eigenvalue weighted by Gasteiger charge is 2.17. The molecular formula is C12H14ClNO4. The zero-order valence-corrected chi connectivity index (χ0v) is 10.8. The Morgan fingerprint density at radius 1 is 1.50 bits per heavy atom. The first kappa shape index (κ1) is 14.5. The Balaban J connectivity index is 2.63. The maximum absolute atomic E-state index is 11.7. The van der Waals surface area contributed by atoms with Crippen LogP contribution in [-0.2, 0) is 9.53 Å². The number of nitrogens with one attached hydrogen (secondary N) is 1. The lowest BCUT2D eigenvalue weighted by Crippen LogP contribution is -2.37. The molecule has 1 aromatic carbocycles. The quantitative estimate of drug-likeness (QED) is 0.798. The monoisotopic (exact) mass is 271 g/mol. The second-order valence-electron chi connectivity index (χ2n) is 3.73. The molecule has 1 rings (SSSR count). The minimum Gasteiger partial charge on any atom is -0.467 e. The summed E-state index contributed by atoms with van der Waals surface area (Å²) in [5.74, 6) is -1.26. The number of aryl methyl sites for hydroxylation is 1. The van der Waals surface area contributed by atoms with Crippen LogP contribution in [0.15, 0.2) is 18.2 Å². The van der Waals surface area contributed by atoms with Gasteiger partial charge in [0.05, 0.1) is 24.2 Å². The Morgan fingerprint density at radius 2 is 2.17 bits per heavy atom. The van der Waals surface area contributed by atoms with Crippen molar-refractivity contribution in [2.45, 2.75) is 13.0 Å². The van der Waals surface area contributed by atoms with E-state index in [0.717, 1.165) is 12.7 Å². The number of esters is 1. The number of rotatable bonds is 4. The van der Waals surface area contributed by atoms with Crippen LogP contribution in [0.3, 0.4) is 0 Å². The van der Waals surface area contributed by atoms with E-state index in [9.17, 15) is 14.7 Å². The zero-order chi connectivity index (χ0) is 13.7. The minimum atomic E-state index is -1.39. The molecule has 0 spiro atoms. The number of carbonyl (C=O) groups excluding carboxylic acids is 2. The van der Waals surface area contributed by atoms with Gasteiger partial charge in [0.2, 0.25) is 0 Å². The Bertz CT molecular complexity index is 461. The predicted molar refractivity (Wildman–Crippen MR) is 66.5 cm³/mol. The Labute approximate surface area is 110 Å². The average Bonchev–Trinajstić information content (AvgIpc) is 2.34. The third-order valence-corrected chi connectivity index (χ3v) is 2.61. The van der Waals surface area contributed by atoms with Crippen LogP contribution in [0, 0.1) is 6.92 Å². The maximum Gasteiger partial charge on any atom is 0.336 e. The largest absolute Gasteiger partial charge is 0.467 e. The number of benzene rings is 1. The second kappa shape index (κ2) is 6.37. The molecule has 0 radical (unpaired) electrons. The molecule has 1 unspecified atom stereocenters. The van der Waals surface area contributed by atoms with Crippen LogP contribution in [0.1, 0.15) is 15.9 Å². The van der Waals surface area contributed by atoms with E-state index >= 15 is 0 Å². The Kier molecular flexibility index (Phi) is 5.12. The van der Waals surface area contributed by atoms with Gasteiger partial charge >= 0.3 is 5.97 Å². The lowest BCUT2D eigenvalue weighted by Gasteiger charge is -2.10. The smallest absolute Gasteiger partial charge is 0.336 e. The maximum atomic E-state index is 11.7. The molecule has 2 N–H and O–H groups in total. The van der Waals surface area contributed by atoms with Crippen LogP contribution in [-0.4, -0.2) is 36.7 Å². The summed E-state index contributed by atoms with van der Waals surface area (Å²) < 4.78 is 4.32. The van der Waals surface area contributed by atoms with Crippen LogP contribution in [0.4, 0.5) is 0 Å². The summed E-state index contributed by atoms with van der Waals surface area (Å²) >= 11 is 5.91. The standard InChI is InChI=1S/C12H14ClNO4/c1-7-3-4-8(9(13)5-7)11(16)14-6-10(15)12(17)18-2/h3-5,10,15H,6H2,1-2H3,(H,14,16). The summed E-state index contributed by atoms with van der Waals surface area (Å²) in [6, 6.07) is 4.99. The molecule has 1 amide bonds. The van der Waals surface area contributed by atoms with E-state index in [-0.39, 0.29) is 6.54 Å². The SMILES string of the molecule is COC(=O)C(O)CNC(=O)c1ccc(C)cc1Cl. The Morgan fingerprint density at radius 3 is 2.72 bits per heavy atom. The minimum absolute atomic E-state index is 0.226. The molecule has 1 atom stereocenters. The van der Waals surface area contributed by atoms with Gasteiger partial charge in [-0.15, -0.1) is 0 Å². The van der Waals surface area contributed by atoms with Gasteiger partial charge in [0.15, 0.2) is 6.10 Å². The van der Waals surface area contributed by atoms with E-state index in [2.05, 4.69) is 10.1 Å². The number of ether oxygens (including phenoxy) is 1. The molecule has 0 saturated carbocycles. The van der Waals surface area contributed by atoms with Gasteiger partial charge in [0.25, 0.3) is 5.91 Å². The van der Waals surface area contributed by atoms with Crippen LogP contribution in [0.2, 0.25) is 5.02 Å². The van der Waals surface area contributed by atoms with Crippen molar-refractivity contribution in [3.8, 4) is 0 Å². The summed E-state index contributed by atoms with van der Waals surface area (Å²) in [5, 5.41) is 12.0. The van der Waals surface area contributed by atoms with Crippen molar-refractivity contribution in [1.82, 2.24) is 5.32 Å². The number of hydrogen-bond donors (Lipinski definition) is 2. The van der Waals surface area contributed by atoms with Crippen molar-refractivity contribution in [3.63, 3.8) is 0 Å². The van der Waals surface area contributed by atoms with E-state index in [1.54, 1.807) is 18.2 Å². The van der Waals surface area contributed by atoms with E-state index in [1.807, 2.05) is 6.92 Å². The number of carbonyl (C=O) groups is 2. The highest BCUT2D eigenvalue weighted by Crippen LogP contribution is 2.17. The fourth-order valence-electron chi connectivity index (χ4n) is 1.31. The highest BCUT2D eigenvalue weighted by atomic mass is 35.5. The van der Waals surface area contributed by atoms with E-state index in [0.29, 0.717) is 10.6 Å². The van der Waals surface area contributed by atoms with Crippen molar-refractivity contribution < 1.29 is 19.4 Å². The molecule has 98 valence electrons. The molecular weight excluding hydrogens is 258 g/mol. The number of aliphatic hydroxyl groups is 1. The van der Waals surface area contributed by atoms with Gasteiger partial charge < -0.3 is 15.2 Å². The predicted octanol–water partition coefficient (Wildman–Crippen LogP) is 0.912. The second-order valence-corrected chi connectivity index (χ2v) is 4.14. The molecule has 0 aliphatic heterocycles. The third kappa shape index (κ3) is 3.72. The van der Waals surface area contributed by atoms with Gasteiger partial charge in [-0.1, -0.05) is 17.7 Å². The van der Waals surface area contributed by atoms with Crippen LogP contribution < -0.4 is 5.32 Å². The molecule has 0 aliphatic carbocycles. The van der Waals surface area contributed by atoms with Gasteiger partial charge in [0, 0.05) is 0 Å². The first-order valence-electron chi connectivity index (χ1n) is 5.26. The fourth-order valence-corrected chi connectivity index (χ4v) is 1.63. The molecule has 0 heterocycles. The number of methoxy groups -OCH3 is 1. The van der Waals surface area contributed by atoms with E-state index in [4.69, 9.17) is 11.6 Å². The fraction of sp³-hybridized carbons (Fsp3) is 0.333. The first-order valence-corrected chi connectivity index (χ1v) is 5.63.